The molecule has 1 fully saturated rings. The van der Waals surface area contributed by atoms with E-state index in [0.717, 1.165) is 0 Å². The lowest BCUT2D eigenvalue weighted by Gasteiger charge is -2.50. The number of carbonyl (C=O) groups excluding carboxylic acids is 1. The van der Waals surface area contributed by atoms with E-state index >= 15 is 4.39 Å². The largest absolute Gasteiger partial charge is 0.451 e. The van der Waals surface area contributed by atoms with Crippen molar-refractivity contribution in [2.24, 2.45) is 10.7 Å². The molecule has 1 spiro atoms. The third-order valence-electron chi connectivity index (χ3n) is 5.42. The number of ketones is 1. The average molecular weight is 412 g/mol. The molecular weight excluding hydrogens is 394 g/mol. The van der Waals surface area contributed by atoms with E-state index in [4.69, 9.17) is 20.5 Å². The molecule has 30 heavy (non-hydrogen) atoms. The van der Waals surface area contributed by atoms with E-state index in [2.05, 4.69) is 9.98 Å². The van der Waals surface area contributed by atoms with E-state index in [0.29, 0.717) is 11.1 Å². The molecule has 2 aliphatic heterocycles. The highest BCUT2D eigenvalue weighted by Crippen LogP contribution is 2.45. The van der Waals surface area contributed by atoms with Crippen molar-refractivity contribution in [1.82, 2.24) is 4.98 Å². The Morgan fingerprint density at radius 1 is 1.37 bits per heavy atom. The van der Waals surface area contributed by atoms with Crippen molar-refractivity contribution in [2.75, 3.05) is 13.2 Å². The van der Waals surface area contributed by atoms with Crippen molar-refractivity contribution in [3.8, 4) is 6.07 Å². The number of benzene rings is 1. The first kappa shape index (κ1) is 19.9. The van der Waals surface area contributed by atoms with Crippen LogP contribution in [0, 0.1) is 17.1 Å². The number of ether oxygens (including phenoxy) is 2. The van der Waals surface area contributed by atoms with Gasteiger partial charge < -0.3 is 15.2 Å². The SMILES string of the molecule is C[C@]1(c2cc(CC(=O)c3ccc(C#N)cn3)ccc2F)N=C(N)OC2(COC2)[C@@H]1F. The zero-order chi connectivity index (χ0) is 21.5. The molecule has 0 saturated carbocycles. The van der Waals surface area contributed by atoms with E-state index in [9.17, 15) is 9.18 Å². The van der Waals surface area contributed by atoms with Gasteiger partial charge in [0.1, 0.15) is 23.1 Å². The summed E-state index contributed by atoms with van der Waals surface area (Å²) in [6.07, 6.45) is -0.479. The van der Waals surface area contributed by atoms with Gasteiger partial charge in [-0.15, -0.1) is 0 Å². The minimum absolute atomic E-state index is 0.00979. The van der Waals surface area contributed by atoms with Gasteiger partial charge in [-0.1, -0.05) is 6.07 Å². The van der Waals surface area contributed by atoms with Gasteiger partial charge in [-0.2, -0.15) is 5.26 Å². The van der Waals surface area contributed by atoms with Crippen LogP contribution in [-0.4, -0.2) is 41.8 Å². The molecule has 7 nitrogen and oxygen atoms in total. The lowest BCUT2D eigenvalue weighted by Crippen LogP contribution is -2.67. The first-order valence-corrected chi connectivity index (χ1v) is 9.22. The number of amidine groups is 1. The van der Waals surface area contributed by atoms with Crippen LogP contribution in [0.4, 0.5) is 8.78 Å². The Kier molecular flexibility index (Phi) is 4.74. The molecule has 154 valence electrons. The number of aliphatic imine (C=N–C) groups is 1. The van der Waals surface area contributed by atoms with E-state index < -0.39 is 23.1 Å². The molecule has 0 bridgehead atoms. The van der Waals surface area contributed by atoms with Gasteiger partial charge in [-0.3, -0.25) is 9.78 Å². The van der Waals surface area contributed by atoms with Gasteiger partial charge in [-0.25, -0.2) is 13.8 Å². The molecule has 2 aromatic rings. The summed E-state index contributed by atoms with van der Waals surface area (Å²) in [4.78, 5) is 20.6. The first-order valence-electron chi connectivity index (χ1n) is 9.22. The number of aromatic nitrogens is 1. The molecule has 0 unspecified atom stereocenters. The van der Waals surface area contributed by atoms with Gasteiger partial charge >= 0.3 is 0 Å². The summed E-state index contributed by atoms with van der Waals surface area (Å²) in [5, 5.41) is 8.83. The van der Waals surface area contributed by atoms with Crippen molar-refractivity contribution >= 4 is 11.8 Å². The third kappa shape index (κ3) is 3.19. The van der Waals surface area contributed by atoms with Crippen LogP contribution < -0.4 is 5.73 Å². The molecule has 1 saturated heterocycles. The number of hydrogen-bond donors (Lipinski definition) is 1. The van der Waals surface area contributed by atoms with E-state index in [1.54, 1.807) is 0 Å². The fourth-order valence-corrected chi connectivity index (χ4v) is 3.76. The lowest BCUT2D eigenvalue weighted by atomic mass is 9.76. The number of nitrogens with two attached hydrogens (primary N) is 1. The Balaban J connectivity index is 1.65. The quantitative estimate of drug-likeness (QED) is 0.771. The molecule has 0 amide bonds. The molecule has 9 heteroatoms. The highest BCUT2D eigenvalue weighted by atomic mass is 19.1. The van der Waals surface area contributed by atoms with Crippen LogP contribution in [0.1, 0.15) is 34.1 Å². The maximum absolute atomic E-state index is 15.5. The number of pyridine rings is 1. The Bertz CT molecular complexity index is 1080. The summed E-state index contributed by atoms with van der Waals surface area (Å²) in [6.45, 7) is 1.42. The molecule has 0 aliphatic carbocycles. The second-order valence-electron chi connectivity index (χ2n) is 7.58. The van der Waals surface area contributed by atoms with Crippen molar-refractivity contribution in [3.05, 3.63) is 64.7 Å². The van der Waals surface area contributed by atoms with Gasteiger partial charge in [0.15, 0.2) is 17.6 Å². The number of alkyl halides is 1. The second-order valence-corrected chi connectivity index (χ2v) is 7.58. The van der Waals surface area contributed by atoms with Gasteiger partial charge in [-0.05, 0) is 36.8 Å². The van der Waals surface area contributed by atoms with Crippen LogP contribution in [-0.2, 0) is 21.4 Å². The predicted molar refractivity (Wildman–Crippen MR) is 102 cm³/mol. The number of Topliss-reactive ketones (excluding diaryl/α,β-unsaturated/α-hetero) is 1. The highest BCUT2D eigenvalue weighted by molar-refractivity contribution is 5.95. The van der Waals surface area contributed by atoms with Crippen LogP contribution >= 0.6 is 0 Å². The van der Waals surface area contributed by atoms with Crippen LogP contribution in [0.15, 0.2) is 41.5 Å². The molecule has 1 aromatic carbocycles. The predicted octanol–water partition coefficient (Wildman–Crippen LogP) is 2.18. The monoisotopic (exact) mass is 412 g/mol. The normalized spacial score (nSPS) is 24.3. The number of hydrogen-bond acceptors (Lipinski definition) is 7. The van der Waals surface area contributed by atoms with Crippen LogP contribution in [0.5, 0.6) is 0 Å². The van der Waals surface area contributed by atoms with Crippen LogP contribution in [0.25, 0.3) is 0 Å². The van der Waals surface area contributed by atoms with E-state index in [1.165, 1.54) is 43.5 Å². The summed E-state index contributed by atoms with van der Waals surface area (Å²) in [5.41, 5.74) is 3.78. The number of nitrogens with zero attached hydrogens (tertiary/aromatic N) is 3. The zero-order valence-corrected chi connectivity index (χ0v) is 16.1. The minimum atomic E-state index is -1.70. The van der Waals surface area contributed by atoms with Crippen molar-refractivity contribution in [3.63, 3.8) is 0 Å². The number of rotatable bonds is 4. The van der Waals surface area contributed by atoms with Crippen LogP contribution in [0.3, 0.4) is 0 Å². The Morgan fingerprint density at radius 3 is 2.73 bits per heavy atom. The molecule has 2 atom stereocenters. The van der Waals surface area contributed by atoms with E-state index in [1.807, 2.05) is 6.07 Å². The summed E-state index contributed by atoms with van der Waals surface area (Å²) in [6, 6.07) is 8.67. The maximum Gasteiger partial charge on any atom is 0.283 e. The van der Waals surface area contributed by atoms with Gasteiger partial charge in [0.2, 0.25) is 0 Å². The van der Waals surface area contributed by atoms with Crippen molar-refractivity contribution < 1.29 is 23.0 Å². The third-order valence-corrected chi connectivity index (χ3v) is 5.42. The van der Waals surface area contributed by atoms with Crippen molar-refractivity contribution in [1.29, 1.82) is 5.26 Å². The highest BCUT2D eigenvalue weighted by Gasteiger charge is 2.61. The fourth-order valence-electron chi connectivity index (χ4n) is 3.76. The maximum atomic E-state index is 15.5. The summed E-state index contributed by atoms with van der Waals surface area (Å²) < 4.78 is 40.7. The van der Waals surface area contributed by atoms with Gasteiger partial charge in [0.25, 0.3) is 6.02 Å². The molecule has 0 radical (unpaired) electrons. The first-order chi connectivity index (χ1) is 14.3. The number of carbonyl (C=O) groups is 1. The minimum Gasteiger partial charge on any atom is -0.451 e. The average Bonchev–Trinajstić information content (AvgIpc) is 2.70. The molecule has 2 N–H and O–H groups in total. The zero-order valence-electron chi connectivity index (χ0n) is 16.1. The van der Waals surface area contributed by atoms with E-state index in [-0.39, 0.29) is 42.7 Å². The standard InChI is InChI=1S/C21H18F2N4O3/c1-20(18(23)21(10-29-11-21)30-19(25)27-20)14-6-12(2-4-15(14)22)7-17(28)16-5-3-13(8-24)9-26-16/h2-6,9,18H,7,10-11H2,1H3,(H2,25,27)/t18-,20-/m1/s1. The smallest absolute Gasteiger partial charge is 0.283 e. The molecule has 1 aromatic heterocycles. The topological polar surface area (TPSA) is 111 Å². The fraction of sp³-hybridized carbons (Fsp3) is 0.333. The summed E-state index contributed by atoms with van der Waals surface area (Å²) in [7, 11) is 0. The van der Waals surface area contributed by atoms with Crippen molar-refractivity contribution in [2.45, 2.75) is 30.7 Å². The Labute approximate surface area is 171 Å². The summed E-state index contributed by atoms with van der Waals surface area (Å²) >= 11 is 0. The Morgan fingerprint density at radius 2 is 2.13 bits per heavy atom. The number of halogens is 2. The lowest BCUT2D eigenvalue weighted by molar-refractivity contribution is -0.221. The second kappa shape index (κ2) is 7.15. The molecule has 2 aliphatic rings. The summed E-state index contributed by atoms with van der Waals surface area (Å²) in [5.74, 6) is -0.987. The van der Waals surface area contributed by atoms with Gasteiger partial charge in [0, 0.05) is 18.2 Å². The molecule has 4 rings (SSSR count). The van der Waals surface area contributed by atoms with Crippen LogP contribution in [0.2, 0.25) is 0 Å². The Hall–Kier alpha value is -3.38. The molecule has 3 heterocycles. The molecular formula is C21H18F2N4O3. The van der Waals surface area contributed by atoms with Gasteiger partial charge in [0.05, 0.1) is 18.8 Å². The number of nitriles is 1.